The van der Waals surface area contributed by atoms with Crippen LogP contribution in [0.5, 0.6) is 23.0 Å². The minimum atomic E-state index is 0.198. The molecule has 3 aliphatic rings. The Morgan fingerprint density at radius 2 is 1.87 bits per heavy atom. The Kier molecular flexibility index (Phi) is 5.20. The molecule has 2 aromatic carbocycles. The normalized spacial score (nSPS) is 18.1. The Morgan fingerprint density at radius 1 is 1.06 bits per heavy atom. The molecule has 5 heteroatoms. The van der Waals surface area contributed by atoms with Gasteiger partial charge in [-0.3, -0.25) is 0 Å². The molecule has 0 aliphatic carbocycles. The lowest BCUT2D eigenvalue weighted by atomic mass is 9.83. The maximum atomic E-state index is 5.88. The van der Waals surface area contributed by atoms with E-state index in [0.29, 0.717) is 6.79 Å². The first-order chi connectivity index (χ1) is 15.2. The summed E-state index contributed by atoms with van der Waals surface area (Å²) >= 11 is 0. The average Bonchev–Trinajstić information content (AvgIpc) is 3.25. The van der Waals surface area contributed by atoms with Crippen molar-refractivity contribution in [1.82, 2.24) is 4.90 Å². The number of nitrogens with zero attached hydrogens (tertiary/aromatic N) is 1. The van der Waals surface area contributed by atoms with Gasteiger partial charge in [0.05, 0.1) is 20.3 Å². The van der Waals surface area contributed by atoms with Crippen LogP contribution in [0.1, 0.15) is 67.0 Å². The number of rotatable bonds is 6. The summed E-state index contributed by atoms with van der Waals surface area (Å²) in [5.74, 6) is 3.40. The Morgan fingerprint density at radius 3 is 2.61 bits per heavy atom. The summed E-state index contributed by atoms with van der Waals surface area (Å²) in [5.41, 5.74) is 7.72. The van der Waals surface area contributed by atoms with Crippen LogP contribution >= 0.6 is 0 Å². The van der Waals surface area contributed by atoms with E-state index in [1.54, 1.807) is 14.2 Å². The second kappa shape index (κ2) is 8.03. The fraction of sp³-hybridized carbons (Fsp3) is 0.462. The van der Waals surface area contributed by atoms with Crippen LogP contribution < -0.4 is 18.9 Å². The van der Waals surface area contributed by atoms with Gasteiger partial charge in [0, 0.05) is 23.4 Å². The van der Waals surface area contributed by atoms with Gasteiger partial charge in [-0.05, 0) is 67.2 Å². The highest BCUT2D eigenvalue weighted by Gasteiger charge is 2.35. The van der Waals surface area contributed by atoms with Crippen molar-refractivity contribution < 1.29 is 18.9 Å². The first kappa shape index (κ1) is 20.1. The van der Waals surface area contributed by atoms with Crippen molar-refractivity contribution in [2.24, 2.45) is 0 Å². The third kappa shape index (κ3) is 3.22. The summed E-state index contributed by atoms with van der Waals surface area (Å²) in [7, 11) is 3.47. The molecule has 0 spiro atoms. The number of unbranched alkanes of at least 4 members (excludes halogenated alkanes) is 2. The molecular weight excluding hydrogens is 390 g/mol. The predicted octanol–water partition coefficient (Wildman–Crippen LogP) is 5.60. The van der Waals surface area contributed by atoms with Crippen molar-refractivity contribution in [3.63, 3.8) is 0 Å². The molecule has 0 aromatic heterocycles. The Balaban J connectivity index is 1.68. The first-order valence-electron chi connectivity index (χ1n) is 11.3. The maximum absolute atomic E-state index is 5.88. The van der Waals surface area contributed by atoms with Crippen molar-refractivity contribution in [2.75, 3.05) is 27.6 Å². The molecule has 0 fully saturated rings. The largest absolute Gasteiger partial charge is 0.493 e. The number of ether oxygens (including phenoxy) is 4. The molecule has 5 nitrogen and oxygen atoms in total. The molecule has 1 atom stereocenters. The lowest BCUT2D eigenvalue weighted by Gasteiger charge is -2.42. The molecule has 0 N–H and O–H groups in total. The second-order valence-corrected chi connectivity index (χ2v) is 8.57. The molecule has 0 amide bonds. The van der Waals surface area contributed by atoms with Crippen LogP contribution in [0.4, 0.5) is 0 Å². The molecule has 164 valence electrons. The highest BCUT2D eigenvalue weighted by molar-refractivity contribution is 5.89. The van der Waals surface area contributed by atoms with E-state index in [4.69, 9.17) is 18.9 Å². The zero-order valence-electron chi connectivity index (χ0n) is 18.9. The maximum Gasteiger partial charge on any atom is 0.231 e. The van der Waals surface area contributed by atoms with Crippen molar-refractivity contribution in [1.29, 1.82) is 0 Å². The predicted molar refractivity (Wildman–Crippen MR) is 122 cm³/mol. The molecule has 0 radical (unpaired) electrons. The van der Waals surface area contributed by atoms with Crippen LogP contribution in [-0.4, -0.2) is 32.5 Å². The molecular formula is C26H31NO4. The fourth-order valence-corrected chi connectivity index (χ4v) is 5.25. The first-order valence-corrected chi connectivity index (χ1v) is 11.3. The summed E-state index contributed by atoms with van der Waals surface area (Å²) in [4.78, 5) is 2.49. The van der Waals surface area contributed by atoms with E-state index in [0.717, 1.165) is 42.4 Å². The molecule has 31 heavy (non-hydrogen) atoms. The quantitative estimate of drug-likeness (QED) is 0.568. The van der Waals surface area contributed by atoms with Gasteiger partial charge in [-0.1, -0.05) is 19.8 Å². The number of methoxy groups -OCH3 is 2. The third-order valence-corrected chi connectivity index (χ3v) is 6.86. The smallest absolute Gasteiger partial charge is 0.231 e. The molecule has 0 saturated carbocycles. The molecule has 3 heterocycles. The van der Waals surface area contributed by atoms with E-state index in [9.17, 15) is 0 Å². The topological polar surface area (TPSA) is 40.2 Å². The van der Waals surface area contributed by atoms with Crippen molar-refractivity contribution in [3.05, 3.63) is 46.0 Å². The van der Waals surface area contributed by atoms with Crippen molar-refractivity contribution >= 4 is 11.8 Å². The Hall–Kier alpha value is -2.82. The van der Waals surface area contributed by atoms with E-state index in [1.165, 1.54) is 52.8 Å². The molecule has 0 unspecified atom stereocenters. The number of fused-ring (bicyclic) bond motifs is 5. The summed E-state index contributed by atoms with van der Waals surface area (Å²) in [6.45, 7) is 5.79. The van der Waals surface area contributed by atoms with E-state index in [2.05, 4.69) is 43.0 Å². The van der Waals surface area contributed by atoms with E-state index in [-0.39, 0.29) is 6.04 Å². The zero-order valence-corrected chi connectivity index (χ0v) is 18.9. The third-order valence-electron chi connectivity index (χ3n) is 6.86. The number of benzene rings is 2. The van der Waals surface area contributed by atoms with Crippen LogP contribution in [-0.2, 0) is 12.8 Å². The lowest BCUT2D eigenvalue weighted by Crippen LogP contribution is -2.34. The van der Waals surface area contributed by atoms with Gasteiger partial charge in [0.2, 0.25) is 6.79 Å². The van der Waals surface area contributed by atoms with E-state index >= 15 is 0 Å². The molecule has 0 bridgehead atoms. The van der Waals surface area contributed by atoms with Gasteiger partial charge in [-0.25, -0.2) is 0 Å². The van der Waals surface area contributed by atoms with Crippen LogP contribution in [0.15, 0.2) is 18.2 Å². The Bertz CT molecular complexity index is 1040. The minimum absolute atomic E-state index is 0.198. The zero-order chi connectivity index (χ0) is 21.5. The summed E-state index contributed by atoms with van der Waals surface area (Å²) < 4.78 is 22.9. The SMILES string of the molecule is CCCCCc1cc(OC)c(OC)c2c1C=C1c3cc4c(cc3CCN1[C@H]2C)OCO4. The van der Waals surface area contributed by atoms with Crippen molar-refractivity contribution in [3.8, 4) is 23.0 Å². The summed E-state index contributed by atoms with van der Waals surface area (Å²) in [5, 5.41) is 0. The fourth-order valence-electron chi connectivity index (χ4n) is 5.25. The highest BCUT2D eigenvalue weighted by atomic mass is 16.7. The average molecular weight is 422 g/mol. The molecule has 0 saturated heterocycles. The number of hydrogen-bond donors (Lipinski definition) is 0. The molecule has 5 rings (SSSR count). The van der Waals surface area contributed by atoms with Crippen LogP contribution in [0.25, 0.3) is 11.8 Å². The van der Waals surface area contributed by atoms with E-state index in [1.807, 2.05) is 0 Å². The monoisotopic (exact) mass is 421 g/mol. The molecule has 2 aromatic rings. The summed E-state index contributed by atoms with van der Waals surface area (Å²) in [6, 6.07) is 6.69. The van der Waals surface area contributed by atoms with Gasteiger partial charge in [-0.2, -0.15) is 0 Å². The van der Waals surface area contributed by atoms with Gasteiger partial charge < -0.3 is 23.8 Å². The van der Waals surface area contributed by atoms with Crippen LogP contribution in [0, 0.1) is 0 Å². The number of aryl methyl sites for hydroxylation is 1. The van der Waals surface area contributed by atoms with Crippen LogP contribution in [0.3, 0.4) is 0 Å². The van der Waals surface area contributed by atoms with Gasteiger partial charge in [0.1, 0.15) is 0 Å². The highest BCUT2D eigenvalue weighted by Crippen LogP contribution is 2.50. The van der Waals surface area contributed by atoms with Gasteiger partial charge in [0.15, 0.2) is 23.0 Å². The lowest BCUT2D eigenvalue weighted by molar-refractivity contribution is 0.174. The Labute approximate surface area is 184 Å². The van der Waals surface area contributed by atoms with Gasteiger partial charge in [0.25, 0.3) is 0 Å². The standard InChI is InChI=1S/C26H31NO4/c1-5-6-7-8-17-12-24(28-3)26(29-4)25-16(2)27-10-9-18-11-22-23(31-15-30-22)14-19(18)21(27)13-20(17)25/h11-14,16H,5-10,15H2,1-4H3/t16-/m0/s1. The minimum Gasteiger partial charge on any atom is -0.493 e. The van der Waals surface area contributed by atoms with Crippen molar-refractivity contribution in [2.45, 2.75) is 52.0 Å². The summed E-state index contributed by atoms with van der Waals surface area (Å²) in [6.07, 6.45) is 8.00. The number of hydrogen-bond acceptors (Lipinski definition) is 5. The van der Waals surface area contributed by atoms with Crippen LogP contribution in [0.2, 0.25) is 0 Å². The van der Waals surface area contributed by atoms with E-state index < -0.39 is 0 Å². The second-order valence-electron chi connectivity index (χ2n) is 8.57. The van der Waals surface area contributed by atoms with Gasteiger partial charge >= 0.3 is 0 Å². The molecule has 3 aliphatic heterocycles. The van der Waals surface area contributed by atoms with Gasteiger partial charge in [-0.15, -0.1) is 0 Å².